The van der Waals surface area contributed by atoms with E-state index in [4.69, 9.17) is 10.3 Å². The Labute approximate surface area is 182 Å². The van der Waals surface area contributed by atoms with Gasteiger partial charge in [0.2, 0.25) is 0 Å². The van der Waals surface area contributed by atoms with Crippen LogP contribution >= 0.6 is 0 Å². The van der Waals surface area contributed by atoms with E-state index in [-0.39, 0.29) is 11.7 Å². The zero-order valence-electron chi connectivity index (χ0n) is 18.0. The number of carbonyl (C=O) groups excluding carboxylic acids is 1. The Hall–Kier alpha value is -3.41. The van der Waals surface area contributed by atoms with E-state index in [0.717, 1.165) is 43.1 Å². The van der Waals surface area contributed by atoms with Crippen molar-refractivity contribution >= 4 is 17.6 Å². The van der Waals surface area contributed by atoms with Gasteiger partial charge in [-0.1, -0.05) is 67.5 Å². The molecule has 1 unspecified atom stereocenters. The van der Waals surface area contributed by atoms with Crippen molar-refractivity contribution < 1.29 is 9.32 Å². The summed E-state index contributed by atoms with van der Waals surface area (Å²) in [6.07, 6.45) is 2.24. The van der Waals surface area contributed by atoms with Crippen molar-refractivity contribution in [2.75, 3.05) is 13.1 Å². The van der Waals surface area contributed by atoms with Gasteiger partial charge in [-0.15, -0.1) is 0 Å². The first-order valence-corrected chi connectivity index (χ1v) is 10.8. The van der Waals surface area contributed by atoms with Crippen LogP contribution < -0.4 is 5.73 Å². The molecule has 3 aromatic rings. The second-order valence-corrected chi connectivity index (χ2v) is 8.27. The van der Waals surface area contributed by atoms with Gasteiger partial charge >= 0.3 is 0 Å². The quantitative estimate of drug-likeness (QED) is 0.369. The lowest BCUT2D eigenvalue weighted by molar-refractivity contribution is 0.103. The number of carbonyl (C=O) groups is 1. The fraction of sp³-hybridized carbons (Fsp3) is 0.320. The summed E-state index contributed by atoms with van der Waals surface area (Å²) in [4.78, 5) is 19.3. The van der Waals surface area contributed by atoms with E-state index in [1.54, 1.807) is 0 Å². The Morgan fingerprint density at radius 3 is 2.55 bits per heavy atom. The third-order valence-electron chi connectivity index (χ3n) is 5.98. The molecule has 1 aromatic heterocycles. The number of likely N-dealkylation sites (tertiary alicyclic amines) is 1. The van der Waals surface area contributed by atoms with E-state index in [1.165, 1.54) is 0 Å². The molecular weight excluding hydrogens is 388 g/mol. The first-order valence-electron chi connectivity index (χ1n) is 10.8. The molecule has 4 rings (SSSR count). The lowest BCUT2D eigenvalue weighted by Gasteiger charge is -2.30. The van der Waals surface area contributed by atoms with Crippen LogP contribution in [0.1, 0.15) is 59.8 Å². The number of nitrogens with two attached hydrogens (primary N) is 1. The fourth-order valence-electron chi connectivity index (χ4n) is 3.83. The summed E-state index contributed by atoms with van der Waals surface area (Å²) >= 11 is 0. The molecule has 1 aliphatic rings. The summed E-state index contributed by atoms with van der Waals surface area (Å²) in [6.45, 7) is 6.12. The highest BCUT2D eigenvalue weighted by atomic mass is 16.5. The van der Waals surface area contributed by atoms with Crippen LogP contribution in [0.25, 0.3) is 0 Å². The molecule has 1 fully saturated rings. The Balaban J connectivity index is 1.49. The average Bonchev–Trinajstić information content (AvgIpc) is 3.27. The minimum absolute atomic E-state index is 0.00344. The van der Waals surface area contributed by atoms with Crippen molar-refractivity contribution in [3.05, 3.63) is 83.0 Å². The summed E-state index contributed by atoms with van der Waals surface area (Å²) in [5.74, 6) is 1.55. The number of rotatable bonds is 5. The number of piperidine rings is 1. The molecule has 0 amide bonds. The molecule has 2 aromatic carbocycles. The van der Waals surface area contributed by atoms with Gasteiger partial charge in [-0.25, -0.2) is 0 Å². The molecule has 6 nitrogen and oxygen atoms in total. The first-order chi connectivity index (χ1) is 15.0. The number of nitrogens with zero attached hydrogens (tertiary/aromatic N) is 3. The van der Waals surface area contributed by atoms with Gasteiger partial charge in [0, 0.05) is 36.2 Å². The van der Waals surface area contributed by atoms with Gasteiger partial charge < -0.3 is 15.2 Å². The topological polar surface area (TPSA) is 84.7 Å². The molecule has 160 valence electrons. The van der Waals surface area contributed by atoms with E-state index >= 15 is 0 Å². The minimum atomic E-state index is -0.0479. The molecule has 6 heteroatoms. The second-order valence-electron chi connectivity index (χ2n) is 8.27. The highest BCUT2D eigenvalue weighted by Gasteiger charge is 2.19. The molecular formula is C25H28N4O2. The fourth-order valence-corrected chi connectivity index (χ4v) is 3.83. The highest BCUT2D eigenvalue weighted by Crippen LogP contribution is 2.28. The van der Waals surface area contributed by atoms with Gasteiger partial charge in [0.25, 0.3) is 5.88 Å². The number of hydrogen-bond acceptors (Lipinski definition) is 4. The van der Waals surface area contributed by atoms with Crippen molar-refractivity contribution in [2.45, 2.75) is 32.6 Å². The van der Waals surface area contributed by atoms with Gasteiger partial charge in [-0.3, -0.25) is 4.79 Å². The zero-order chi connectivity index (χ0) is 21.8. The van der Waals surface area contributed by atoms with E-state index in [0.29, 0.717) is 23.0 Å². The summed E-state index contributed by atoms with van der Waals surface area (Å²) in [5, 5.41) is 4.19. The van der Waals surface area contributed by atoms with Crippen LogP contribution in [0.5, 0.6) is 0 Å². The van der Waals surface area contributed by atoms with Crippen molar-refractivity contribution in [2.24, 2.45) is 16.6 Å². The normalized spacial score (nSPS) is 16.3. The summed E-state index contributed by atoms with van der Waals surface area (Å²) < 4.78 is 5.43. The molecule has 2 heterocycles. The van der Waals surface area contributed by atoms with Crippen LogP contribution in [-0.2, 0) is 0 Å². The van der Waals surface area contributed by atoms with Crippen LogP contribution in [0.15, 0.2) is 70.2 Å². The molecule has 0 bridgehead atoms. The van der Waals surface area contributed by atoms with E-state index < -0.39 is 0 Å². The monoisotopic (exact) mass is 416 g/mol. The van der Waals surface area contributed by atoms with Crippen molar-refractivity contribution in [3.8, 4) is 0 Å². The van der Waals surface area contributed by atoms with Gasteiger partial charge in [0.15, 0.2) is 11.7 Å². The Morgan fingerprint density at radius 2 is 1.81 bits per heavy atom. The second kappa shape index (κ2) is 9.16. The lowest BCUT2D eigenvalue weighted by Crippen LogP contribution is -2.42. The molecule has 0 radical (unpaired) electrons. The smallest absolute Gasteiger partial charge is 0.253 e. The van der Waals surface area contributed by atoms with Crippen LogP contribution in [0, 0.1) is 5.92 Å². The molecule has 1 atom stereocenters. The molecule has 0 spiro atoms. The maximum absolute atomic E-state index is 12.8. The predicted molar refractivity (Wildman–Crippen MR) is 122 cm³/mol. The highest BCUT2D eigenvalue weighted by molar-refractivity contribution is 6.09. The van der Waals surface area contributed by atoms with Crippen molar-refractivity contribution in [1.82, 2.24) is 10.1 Å². The third-order valence-corrected chi connectivity index (χ3v) is 5.98. The Kier molecular flexibility index (Phi) is 6.16. The van der Waals surface area contributed by atoms with Crippen LogP contribution in [0.2, 0.25) is 0 Å². The molecule has 2 N–H and O–H groups in total. The predicted octanol–water partition coefficient (Wildman–Crippen LogP) is 4.74. The number of ketones is 1. The van der Waals surface area contributed by atoms with Gasteiger partial charge in [-0.05, 0) is 30.4 Å². The summed E-state index contributed by atoms with van der Waals surface area (Å²) in [6, 6.07) is 18.8. The number of benzene rings is 2. The largest absolute Gasteiger partial charge is 0.369 e. The summed E-state index contributed by atoms with van der Waals surface area (Å²) in [7, 11) is 0. The van der Waals surface area contributed by atoms with Gasteiger partial charge in [0.05, 0.1) is 5.69 Å². The number of hydrogen-bond donors (Lipinski definition) is 1. The minimum Gasteiger partial charge on any atom is -0.369 e. The Bertz CT molecular complexity index is 1070. The molecule has 31 heavy (non-hydrogen) atoms. The van der Waals surface area contributed by atoms with Crippen LogP contribution in [0.4, 0.5) is 5.88 Å². The molecule has 0 aliphatic carbocycles. The standard InChI is InChI=1S/C25H28N4O2/c1-17-11-13-29(14-12-17)25(26)27-23-16-22(28-31-23)18(2)20-9-6-10-21(15-20)24(30)19-7-4-3-5-8-19/h3-10,15-18H,11-14H2,1-2H3,(H2,26,27). The maximum Gasteiger partial charge on any atom is 0.253 e. The molecule has 1 aliphatic heterocycles. The van der Waals surface area contributed by atoms with Gasteiger partial charge in [0.1, 0.15) is 0 Å². The maximum atomic E-state index is 12.8. The third kappa shape index (κ3) is 4.85. The van der Waals surface area contributed by atoms with E-state index in [9.17, 15) is 4.79 Å². The van der Waals surface area contributed by atoms with Gasteiger partial charge in [-0.2, -0.15) is 4.99 Å². The number of guanidine groups is 1. The van der Waals surface area contributed by atoms with Crippen LogP contribution in [0.3, 0.4) is 0 Å². The van der Waals surface area contributed by atoms with Crippen molar-refractivity contribution in [1.29, 1.82) is 0 Å². The first kappa shape index (κ1) is 20.8. The average molecular weight is 417 g/mol. The summed E-state index contributed by atoms with van der Waals surface area (Å²) in [5.41, 5.74) is 9.25. The van der Waals surface area contributed by atoms with Crippen LogP contribution in [-0.4, -0.2) is 34.9 Å². The number of aromatic nitrogens is 1. The van der Waals surface area contributed by atoms with E-state index in [2.05, 4.69) is 22.0 Å². The molecule has 0 saturated carbocycles. The van der Waals surface area contributed by atoms with Crippen molar-refractivity contribution in [3.63, 3.8) is 0 Å². The lowest BCUT2D eigenvalue weighted by atomic mass is 9.94. The SMILES string of the molecule is CC1CCN(C(N)=Nc2cc(C(C)c3cccc(C(=O)c4ccccc4)c3)no2)CC1. The molecule has 1 saturated heterocycles. The Morgan fingerprint density at radius 1 is 1.10 bits per heavy atom. The zero-order valence-corrected chi connectivity index (χ0v) is 18.0. The van der Waals surface area contributed by atoms with E-state index in [1.807, 2.05) is 67.6 Å². The number of aliphatic imine (C=N–C) groups is 1.